The molecule has 0 saturated carbocycles. The number of hydrogen-bond acceptors (Lipinski definition) is 4. The third kappa shape index (κ3) is 2.85. The largest absolute Gasteiger partial charge is 0.398 e. The first-order valence-corrected chi connectivity index (χ1v) is 6.06. The zero-order valence-electron chi connectivity index (χ0n) is 10.6. The summed E-state index contributed by atoms with van der Waals surface area (Å²) in [6.07, 6.45) is 1.58. The summed E-state index contributed by atoms with van der Waals surface area (Å²) in [7, 11) is 1.82. The van der Waals surface area contributed by atoms with Gasteiger partial charge >= 0.3 is 0 Å². The average molecular weight is 280 g/mol. The SMILES string of the molecule is CC(NC(=O)c1ccc(Cl)c(N)c1)c1nncn1C. The molecule has 0 aliphatic heterocycles. The van der Waals surface area contributed by atoms with E-state index in [0.29, 0.717) is 22.1 Å². The molecule has 6 nitrogen and oxygen atoms in total. The summed E-state index contributed by atoms with van der Waals surface area (Å²) in [4.78, 5) is 12.1. The van der Waals surface area contributed by atoms with Crippen LogP contribution in [0.3, 0.4) is 0 Å². The number of anilines is 1. The smallest absolute Gasteiger partial charge is 0.251 e. The minimum atomic E-state index is -0.253. The van der Waals surface area contributed by atoms with Crippen LogP contribution < -0.4 is 11.1 Å². The maximum atomic E-state index is 12.1. The molecule has 0 fully saturated rings. The highest BCUT2D eigenvalue weighted by molar-refractivity contribution is 6.33. The number of nitrogen functional groups attached to an aromatic ring is 1. The van der Waals surface area contributed by atoms with Crippen LogP contribution in [0.4, 0.5) is 5.69 Å². The van der Waals surface area contributed by atoms with Gasteiger partial charge in [-0.15, -0.1) is 10.2 Å². The van der Waals surface area contributed by atoms with E-state index < -0.39 is 0 Å². The molecule has 1 unspecified atom stereocenters. The van der Waals surface area contributed by atoms with E-state index in [1.54, 1.807) is 29.1 Å². The van der Waals surface area contributed by atoms with Crippen LogP contribution in [0, 0.1) is 0 Å². The molecule has 1 amide bonds. The fourth-order valence-corrected chi connectivity index (χ4v) is 1.83. The topological polar surface area (TPSA) is 85.8 Å². The fraction of sp³-hybridized carbons (Fsp3) is 0.250. The normalized spacial score (nSPS) is 12.2. The Bertz CT molecular complexity index is 610. The van der Waals surface area contributed by atoms with Crippen molar-refractivity contribution in [3.63, 3.8) is 0 Å². The Hall–Kier alpha value is -2.08. The number of carbonyl (C=O) groups is 1. The van der Waals surface area contributed by atoms with Crippen LogP contribution in [-0.4, -0.2) is 20.7 Å². The zero-order valence-corrected chi connectivity index (χ0v) is 11.3. The molecule has 7 heteroatoms. The Morgan fingerprint density at radius 3 is 2.84 bits per heavy atom. The first-order valence-electron chi connectivity index (χ1n) is 5.69. The van der Waals surface area contributed by atoms with E-state index in [4.69, 9.17) is 17.3 Å². The predicted molar refractivity (Wildman–Crippen MR) is 72.7 cm³/mol. The second-order valence-corrected chi connectivity index (χ2v) is 4.64. The Balaban J connectivity index is 2.13. The monoisotopic (exact) mass is 279 g/mol. The summed E-state index contributed by atoms with van der Waals surface area (Å²) in [6.45, 7) is 1.83. The maximum absolute atomic E-state index is 12.1. The highest BCUT2D eigenvalue weighted by Crippen LogP contribution is 2.20. The number of aryl methyl sites for hydroxylation is 1. The van der Waals surface area contributed by atoms with Crippen LogP contribution in [-0.2, 0) is 7.05 Å². The number of nitrogens with zero attached hydrogens (tertiary/aromatic N) is 3. The van der Waals surface area contributed by atoms with Crippen molar-refractivity contribution in [2.45, 2.75) is 13.0 Å². The summed E-state index contributed by atoms with van der Waals surface area (Å²) in [5.41, 5.74) is 6.50. The van der Waals surface area contributed by atoms with E-state index in [2.05, 4.69) is 15.5 Å². The van der Waals surface area contributed by atoms with Crippen LogP contribution in [0.5, 0.6) is 0 Å². The first kappa shape index (κ1) is 13.4. The number of halogens is 1. The predicted octanol–water partition coefficient (Wildman–Crippen LogP) is 1.54. The van der Waals surface area contributed by atoms with Crippen molar-refractivity contribution < 1.29 is 4.79 Å². The molecule has 0 aliphatic carbocycles. The molecule has 0 radical (unpaired) electrons. The molecule has 1 aromatic heterocycles. The maximum Gasteiger partial charge on any atom is 0.251 e. The third-order valence-electron chi connectivity index (χ3n) is 2.74. The molecule has 0 spiro atoms. The summed E-state index contributed by atoms with van der Waals surface area (Å²) >= 11 is 5.81. The molecule has 1 atom stereocenters. The summed E-state index contributed by atoms with van der Waals surface area (Å²) in [5.74, 6) is 0.439. The second-order valence-electron chi connectivity index (χ2n) is 4.23. The standard InChI is InChI=1S/C12H14ClN5O/c1-7(11-17-15-6-18(11)2)16-12(19)8-3-4-9(13)10(14)5-8/h3-7H,14H2,1-2H3,(H,16,19). The number of benzene rings is 1. The molecular weight excluding hydrogens is 266 g/mol. The molecule has 2 rings (SSSR count). The van der Waals surface area contributed by atoms with Gasteiger partial charge < -0.3 is 15.6 Å². The lowest BCUT2D eigenvalue weighted by Gasteiger charge is -2.13. The van der Waals surface area contributed by atoms with Crippen LogP contribution in [0.1, 0.15) is 29.1 Å². The average Bonchev–Trinajstić information content (AvgIpc) is 2.79. The van der Waals surface area contributed by atoms with E-state index in [-0.39, 0.29) is 11.9 Å². The van der Waals surface area contributed by atoms with Gasteiger partial charge in [-0.05, 0) is 25.1 Å². The van der Waals surface area contributed by atoms with Gasteiger partial charge in [-0.1, -0.05) is 11.6 Å². The summed E-state index contributed by atoms with van der Waals surface area (Å²) in [6, 6.07) is 4.51. The highest BCUT2D eigenvalue weighted by atomic mass is 35.5. The molecule has 2 aromatic rings. The molecular formula is C12H14ClN5O. The molecule has 1 aromatic carbocycles. The lowest BCUT2D eigenvalue weighted by atomic mass is 10.1. The van der Waals surface area contributed by atoms with Gasteiger partial charge in [-0.25, -0.2) is 0 Å². The van der Waals surface area contributed by atoms with Crippen molar-refractivity contribution in [1.82, 2.24) is 20.1 Å². The summed E-state index contributed by atoms with van der Waals surface area (Å²) in [5, 5.41) is 11.0. The quantitative estimate of drug-likeness (QED) is 0.835. The molecule has 3 N–H and O–H groups in total. The van der Waals surface area contributed by atoms with Crippen molar-refractivity contribution in [1.29, 1.82) is 0 Å². The molecule has 0 aliphatic rings. The number of nitrogens with two attached hydrogens (primary N) is 1. The van der Waals surface area contributed by atoms with E-state index in [0.717, 1.165) is 0 Å². The van der Waals surface area contributed by atoms with Crippen LogP contribution in [0.25, 0.3) is 0 Å². The van der Waals surface area contributed by atoms with Crippen molar-refractivity contribution in [2.75, 3.05) is 5.73 Å². The number of hydrogen-bond donors (Lipinski definition) is 2. The van der Waals surface area contributed by atoms with Gasteiger partial charge in [-0.3, -0.25) is 4.79 Å². The van der Waals surface area contributed by atoms with Crippen LogP contribution in [0.15, 0.2) is 24.5 Å². The van der Waals surface area contributed by atoms with Crippen molar-refractivity contribution in [3.05, 3.63) is 40.9 Å². The zero-order chi connectivity index (χ0) is 14.0. The van der Waals surface area contributed by atoms with Gasteiger partial charge in [0.25, 0.3) is 5.91 Å². The van der Waals surface area contributed by atoms with Crippen molar-refractivity contribution >= 4 is 23.2 Å². The van der Waals surface area contributed by atoms with Crippen LogP contribution in [0.2, 0.25) is 5.02 Å². The van der Waals surface area contributed by atoms with E-state index >= 15 is 0 Å². The Morgan fingerprint density at radius 2 is 2.26 bits per heavy atom. The lowest BCUT2D eigenvalue weighted by Crippen LogP contribution is -2.28. The number of amides is 1. The number of carbonyl (C=O) groups excluding carboxylic acids is 1. The van der Waals surface area contributed by atoms with Crippen molar-refractivity contribution in [2.24, 2.45) is 7.05 Å². The molecule has 0 saturated heterocycles. The van der Waals surface area contributed by atoms with Gasteiger partial charge in [0, 0.05) is 12.6 Å². The molecule has 0 bridgehead atoms. The van der Waals surface area contributed by atoms with Crippen LogP contribution >= 0.6 is 11.6 Å². The fourth-order valence-electron chi connectivity index (χ4n) is 1.71. The third-order valence-corrected chi connectivity index (χ3v) is 3.08. The molecule has 1 heterocycles. The first-order chi connectivity index (χ1) is 8.99. The second kappa shape index (κ2) is 5.27. The molecule has 19 heavy (non-hydrogen) atoms. The van der Waals surface area contributed by atoms with E-state index in [1.807, 2.05) is 14.0 Å². The van der Waals surface area contributed by atoms with Gasteiger partial charge in [0.15, 0.2) is 5.82 Å². The number of aromatic nitrogens is 3. The van der Waals surface area contributed by atoms with Gasteiger partial charge in [-0.2, -0.15) is 0 Å². The van der Waals surface area contributed by atoms with Gasteiger partial charge in [0.2, 0.25) is 0 Å². The summed E-state index contributed by atoms with van der Waals surface area (Å²) < 4.78 is 1.75. The Labute approximate surface area is 115 Å². The lowest BCUT2D eigenvalue weighted by molar-refractivity contribution is 0.0938. The number of rotatable bonds is 3. The van der Waals surface area contributed by atoms with E-state index in [1.165, 1.54) is 0 Å². The van der Waals surface area contributed by atoms with E-state index in [9.17, 15) is 4.79 Å². The van der Waals surface area contributed by atoms with Gasteiger partial charge in [0.05, 0.1) is 16.8 Å². The molecule has 100 valence electrons. The Morgan fingerprint density at radius 1 is 1.53 bits per heavy atom. The Kier molecular flexibility index (Phi) is 3.71. The minimum Gasteiger partial charge on any atom is -0.398 e. The van der Waals surface area contributed by atoms with Gasteiger partial charge in [0.1, 0.15) is 6.33 Å². The number of nitrogens with one attached hydrogen (secondary N) is 1. The highest BCUT2D eigenvalue weighted by Gasteiger charge is 2.15. The van der Waals surface area contributed by atoms with Crippen molar-refractivity contribution in [3.8, 4) is 0 Å². The minimum absolute atomic E-state index is 0.237.